The number of hydrogen-bond acceptors (Lipinski definition) is 10. The van der Waals surface area contributed by atoms with Gasteiger partial charge in [-0.25, -0.2) is 39.9 Å². The molecule has 0 bridgehead atoms. The molecule has 0 spiro atoms. The number of hydrogen-bond donors (Lipinski definition) is 0. The lowest BCUT2D eigenvalue weighted by Crippen LogP contribution is -2.61. The first-order valence-electron chi connectivity index (χ1n) is 35.6. The second-order valence-corrected chi connectivity index (χ2v) is 26.6. The molecule has 0 amide bonds. The lowest BCUT2D eigenvalue weighted by molar-refractivity contribution is 1.06. The van der Waals surface area contributed by atoms with E-state index in [9.17, 15) is 0 Å². The molecule has 12 heteroatoms. The molecule has 0 aliphatic carbocycles. The molecule has 0 fully saturated rings. The number of para-hydroxylation sites is 4. The van der Waals surface area contributed by atoms with Crippen LogP contribution in [-0.2, 0) is 0 Å². The Morgan fingerprint density at radius 1 is 0.208 bits per heavy atom. The Bertz CT molecular complexity index is 6300. The molecule has 0 saturated heterocycles. The van der Waals surface area contributed by atoms with Crippen molar-refractivity contribution in [2.75, 3.05) is 9.80 Å². The van der Waals surface area contributed by atoms with Crippen molar-refractivity contribution in [1.29, 1.82) is 0 Å². The van der Waals surface area contributed by atoms with Crippen LogP contribution in [0.3, 0.4) is 0 Å². The maximum Gasteiger partial charge on any atom is 0.252 e. The summed E-state index contributed by atoms with van der Waals surface area (Å²) in [4.78, 5) is 47.5. The van der Waals surface area contributed by atoms with Crippen molar-refractivity contribution in [3.05, 3.63) is 364 Å². The van der Waals surface area contributed by atoms with Crippen molar-refractivity contribution in [1.82, 2.24) is 44.4 Å². The SMILES string of the molecule is c1ccc(-c2cc(-c3ccc(-n4c5ccccc5c5cc(-c6nc(-c7ccccc7)nc(-c7ccccc7)n6)ccc54)c(-c4nc(-c5ccccc5)nc(-c5cccc(-c6cccc(N7c8ccccc8B8c9ccccc9N(c9ccccc9)c9cccc7c98)c6)c5)n4)c3)nc(-c3ccccc3)n2)cc1. The van der Waals surface area contributed by atoms with Gasteiger partial charge in [0.05, 0.1) is 28.1 Å². The molecule has 20 rings (SSSR count). The molecule has 106 heavy (non-hydrogen) atoms. The summed E-state index contributed by atoms with van der Waals surface area (Å²) in [6.45, 7) is 0.0274. The fourth-order valence-electron chi connectivity index (χ4n) is 15.4. The molecular weight excluding hydrogens is 1290 g/mol. The summed E-state index contributed by atoms with van der Waals surface area (Å²) in [5, 5.41) is 2.06. The molecule has 2 aliphatic rings. The molecule has 14 aromatic carbocycles. The van der Waals surface area contributed by atoms with E-state index in [1.54, 1.807) is 0 Å². The van der Waals surface area contributed by atoms with Crippen LogP contribution in [0.15, 0.2) is 364 Å². The second-order valence-electron chi connectivity index (χ2n) is 26.6. The topological polar surface area (TPSA) is 115 Å². The van der Waals surface area contributed by atoms with Crippen LogP contribution in [0.2, 0.25) is 0 Å². The van der Waals surface area contributed by atoms with Gasteiger partial charge in [-0.3, -0.25) is 0 Å². The first-order valence-corrected chi connectivity index (χ1v) is 35.6. The molecule has 6 heterocycles. The summed E-state index contributed by atoms with van der Waals surface area (Å²) < 4.78 is 2.33. The first-order chi connectivity index (χ1) is 52.5. The quantitative estimate of drug-likeness (QED) is 0.103. The Labute approximate surface area is 612 Å². The Balaban J connectivity index is 0.758. The Hall–Kier alpha value is -14.4. The van der Waals surface area contributed by atoms with Crippen LogP contribution in [0.5, 0.6) is 0 Å². The standard InChI is InChI=1S/C94H60BN11/c1-7-28-61(29-8-1)78-60-79(97-88(96-78)62-30-9-2-10-31-62)68-52-54-82(106-80-47-22-19-44-73(80)74-59-70(53-55-81(74)106)93-99-89(63-32-11-3-12-33-63)98-90(100-93)64-34-13-4-14-35-64)75(58-68)94-102-91(65-36-15-5-16-37-65)101-92(103-94)69-40-25-38-66(56-69)67-39-26-43-72(57-67)105-84-49-24-21-46-77(84)95-76-45-20-23-48-83(76)104(71-41-17-6-18-42-71)85-50-27-51-86(105)87(85)95/h1-60H. The van der Waals surface area contributed by atoms with E-state index in [1.807, 2.05) is 115 Å². The van der Waals surface area contributed by atoms with Gasteiger partial charge in [0, 0.05) is 95.0 Å². The molecule has 494 valence electrons. The van der Waals surface area contributed by atoms with Gasteiger partial charge in [-0.15, -0.1) is 0 Å². The highest BCUT2D eigenvalue weighted by atomic mass is 15.2. The van der Waals surface area contributed by atoms with Gasteiger partial charge in [-0.1, -0.05) is 267 Å². The zero-order valence-corrected chi connectivity index (χ0v) is 57.1. The Kier molecular flexibility index (Phi) is 15.0. The molecule has 0 radical (unpaired) electrons. The van der Waals surface area contributed by atoms with Crippen molar-refractivity contribution in [2.24, 2.45) is 0 Å². The van der Waals surface area contributed by atoms with Gasteiger partial charge in [-0.2, -0.15) is 0 Å². The van der Waals surface area contributed by atoms with E-state index in [1.165, 1.54) is 27.8 Å². The summed E-state index contributed by atoms with van der Waals surface area (Å²) in [5.74, 6) is 3.89. The molecule has 18 aromatic rings. The van der Waals surface area contributed by atoms with E-state index in [0.29, 0.717) is 40.8 Å². The van der Waals surface area contributed by atoms with Crippen LogP contribution in [0.4, 0.5) is 34.1 Å². The number of fused-ring (bicyclic) bond motifs is 7. The lowest BCUT2D eigenvalue weighted by atomic mass is 9.33. The monoisotopic (exact) mass is 1350 g/mol. The number of rotatable bonds is 13. The van der Waals surface area contributed by atoms with Gasteiger partial charge < -0.3 is 14.4 Å². The number of anilines is 6. The van der Waals surface area contributed by atoms with Gasteiger partial charge in [0.15, 0.2) is 40.8 Å². The smallest absolute Gasteiger partial charge is 0.252 e. The van der Waals surface area contributed by atoms with E-state index in [4.69, 9.17) is 39.9 Å². The summed E-state index contributed by atoms with van der Waals surface area (Å²) in [6, 6.07) is 127. The van der Waals surface area contributed by atoms with Crippen LogP contribution in [-0.4, -0.2) is 51.2 Å². The zero-order valence-electron chi connectivity index (χ0n) is 57.1. The lowest BCUT2D eigenvalue weighted by Gasteiger charge is -2.44. The minimum atomic E-state index is 0.0274. The van der Waals surface area contributed by atoms with E-state index in [2.05, 4.69) is 263 Å². The average molecular weight is 1350 g/mol. The van der Waals surface area contributed by atoms with Crippen molar-refractivity contribution in [2.45, 2.75) is 0 Å². The second kappa shape index (κ2) is 25.9. The predicted molar refractivity (Wildman–Crippen MR) is 432 cm³/mol. The highest BCUT2D eigenvalue weighted by Crippen LogP contribution is 2.46. The molecule has 0 unspecified atom stereocenters. The van der Waals surface area contributed by atoms with Gasteiger partial charge in [-0.05, 0) is 125 Å². The van der Waals surface area contributed by atoms with Crippen molar-refractivity contribution < 1.29 is 0 Å². The number of benzene rings is 14. The molecule has 2 aliphatic heterocycles. The van der Waals surface area contributed by atoms with E-state index >= 15 is 0 Å². The number of nitrogens with zero attached hydrogens (tertiary/aromatic N) is 11. The normalized spacial score (nSPS) is 12.1. The molecule has 4 aromatic heterocycles. The van der Waals surface area contributed by atoms with Crippen LogP contribution in [0.1, 0.15) is 0 Å². The average Bonchev–Trinajstić information content (AvgIpc) is 0.958. The van der Waals surface area contributed by atoms with Crippen molar-refractivity contribution in [3.8, 4) is 119 Å². The predicted octanol–water partition coefficient (Wildman–Crippen LogP) is 20.7. The molecule has 0 atom stereocenters. The van der Waals surface area contributed by atoms with E-state index < -0.39 is 0 Å². The summed E-state index contributed by atoms with van der Waals surface area (Å²) in [7, 11) is 0. The first kappa shape index (κ1) is 61.5. The molecular formula is C94H60BN11. The van der Waals surface area contributed by atoms with E-state index in [-0.39, 0.29) is 6.71 Å². The highest BCUT2D eigenvalue weighted by Gasteiger charge is 2.43. The third-order valence-corrected chi connectivity index (χ3v) is 20.3. The highest BCUT2D eigenvalue weighted by molar-refractivity contribution is 7.00. The van der Waals surface area contributed by atoms with Gasteiger partial charge in [0.2, 0.25) is 0 Å². The van der Waals surface area contributed by atoms with Crippen LogP contribution in [0.25, 0.3) is 141 Å². The summed E-state index contributed by atoms with van der Waals surface area (Å²) in [5.41, 5.74) is 24.8. The molecule has 0 N–H and O–H groups in total. The van der Waals surface area contributed by atoms with Crippen molar-refractivity contribution in [3.63, 3.8) is 0 Å². The maximum absolute atomic E-state index is 5.66. The third-order valence-electron chi connectivity index (χ3n) is 20.3. The van der Waals surface area contributed by atoms with Gasteiger partial charge >= 0.3 is 0 Å². The van der Waals surface area contributed by atoms with Crippen LogP contribution < -0.4 is 26.2 Å². The number of aromatic nitrogens is 9. The minimum Gasteiger partial charge on any atom is -0.311 e. The van der Waals surface area contributed by atoms with Gasteiger partial charge in [0.25, 0.3) is 6.71 Å². The Morgan fingerprint density at radius 3 is 1.18 bits per heavy atom. The summed E-state index contributed by atoms with van der Waals surface area (Å²) >= 11 is 0. The largest absolute Gasteiger partial charge is 0.311 e. The van der Waals surface area contributed by atoms with Crippen LogP contribution in [0, 0.1) is 0 Å². The fraction of sp³-hybridized carbons (Fsp3) is 0. The minimum absolute atomic E-state index is 0.0274. The fourth-order valence-corrected chi connectivity index (χ4v) is 15.4. The molecule has 11 nitrogen and oxygen atoms in total. The molecule has 0 saturated carbocycles. The zero-order chi connectivity index (χ0) is 70.0. The van der Waals surface area contributed by atoms with Gasteiger partial charge in [0.1, 0.15) is 0 Å². The van der Waals surface area contributed by atoms with E-state index in [0.717, 1.165) is 123 Å². The maximum atomic E-state index is 5.66. The third kappa shape index (κ3) is 10.9. The van der Waals surface area contributed by atoms with Crippen LogP contribution >= 0.6 is 0 Å². The Morgan fingerprint density at radius 2 is 0.594 bits per heavy atom. The van der Waals surface area contributed by atoms with Crippen molar-refractivity contribution >= 4 is 79.0 Å². The summed E-state index contributed by atoms with van der Waals surface area (Å²) in [6.07, 6.45) is 0.